The van der Waals surface area contributed by atoms with E-state index in [9.17, 15) is 19.7 Å². The Bertz CT molecular complexity index is 556. The monoisotopic (exact) mass is 280 g/mol. The average Bonchev–Trinajstić information content (AvgIpc) is 2.37. The molecule has 1 rings (SSSR count). The minimum Gasteiger partial charge on any atom is -0.480 e. The molecule has 0 bridgehead atoms. The number of nitro benzene ring substituents is 1. The molecule has 0 aromatic heterocycles. The van der Waals surface area contributed by atoms with Crippen LogP contribution in [0.5, 0.6) is 0 Å². The van der Waals surface area contributed by atoms with Crippen LogP contribution >= 0.6 is 0 Å². The number of carbonyl (C=O) groups is 2. The van der Waals surface area contributed by atoms with Crippen LogP contribution in [0.25, 0.3) is 0 Å². The van der Waals surface area contributed by atoms with E-state index in [2.05, 4.69) is 0 Å². The number of amides is 1. The highest BCUT2D eigenvalue weighted by atomic mass is 16.6. The fourth-order valence-corrected chi connectivity index (χ4v) is 1.95. The molecular weight excluding hydrogens is 264 g/mol. The third-order valence-electron chi connectivity index (χ3n) is 2.98. The lowest BCUT2D eigenvalue weighted by atomic mass is 10.1. The fourth-order valence-electron chi connectivity index (χ4n) is 1.95. The first-order chi connectivity index (χ1) is 9.27. The van der Waals surface area contributed by atoms with Crippen LogP contribution in [0.1, 0.15) is 29.3 Å². The fraction of sp³-hybridized carbons (Fsp3) is 0.385. The summed E-state index contributed by atoms with van der Waals surface area (Å²) < 4.78 is 0. The van der Waals surface area contributed by atoms with E-state index in [1.807, 2.05) is 0 Å². The summed E-state index contributed by atoms with van der Waals surface area (Å²) >= 11 is 0. The van der Waals surface area contributed by atoms with E-state index in [1.165, 1.54) is 19.2 Å². The SMILES string of the molecule is CCC(C(=O)O)N(C)C(=O)c1cc(C)cc([N+](=O)[O-])c1. The van der Waals surface area contributed by atoms with Gasteiger partial charge in [-0.25, -0.2) is 4.79 Å². The second-order valence-electron chi connectivity index (χ2n) is 4.49. The minimum atomic E-state index is -1.11. The summed E-state index contributed by atoms with van der Waals surface area (Å²) in [6.07, 6.45) is 0.255. The number of nitro groups is 1. The van der Waals surface area contributed by atoms with E-state index in [0.717, 1.165) is 11.0 Å². The maximum Gasteiger partial charge on any atom is 0.326 e. The van der Waals surface area contributed by atoms with Crippen LogP contribution in [-0.2, 0) is 4.79 Å². The van der Waals surface area contributed by atoms with Crippen molar-refractivity contribution < 1.29 is 19.6 Å². The molecule has 1 unspecified atom stereocenters. The van der Waals surface area contributed by atoms with Crippen LogP contribution in [0.15, 0.2) is 18.2 Å². The molecule has 0 aliphatic heterocycles. The average molecular weight is 280 g/mol. The highest BCUT2D eigenvalue weighted by Crippen LogP contribution is 2.19. The van der Waals surface area contributed by atoms with Crippen molar-refractivity contribution in [3.8, 4) is 0 Å². The number of benzene rings is 1. The third-order valence-corrected chi connectivity index (χ3v) is 2.98. The summed E-state index contributed by atoms with van der Waals surface area (Å²) in [6, 6.07) is 3.05. The molecule has 1 N–H and O–H groups in total. The Morgan fingerprint density at radius 2 is 2.00 bits per heavy atom. The van der Waals surface area contributed by atoms with Crippen molar-refractivity contribution >= 4 is 17.6 Å². The van der Waals surface area contributed by atoms with Gasteiger partial charge in [0.2, 0.25) is 0 Å². The van der Waals surface area contributed by atoms with Gasteiger partial charge in [-0.05, 0) is 25.0 Å². The number of hydrogen-bond donors (Lipinski definition) is 1. The van der Waals surface area contributed by atoms with E-state index >= 15 is 0 Å². The number of carboxylic acid groups (broad SMARTS) is 1. The van der Waals surface area contributed by atoms with Crippen molar-refractivity contribution in [3.63, 3.8) is 0 Å². The molecule has 0 aliphatic rings. The Labute approximate surface area is 116 Å². The maximum atomic E-state index is 12.2. The first-order valence-corrected chi connectivity index (χ1v) is 6.04. The maximum absolute atomic E-state index is 12.2. The Hall–Kier alpha value is -2.44. The predicted octanol–water partition coefficient (Wildman–Crippen LogP) is 1.84. The van der Waals surface area contributed by atoms with Crippen LogP contribution in [0.4, 0.5) is 5.69 Å². The molecule has 0 saturated carbocycles. The molecule has 20 heavy (non-hydrogen) atoms. The zero-order chi connectivity index (χ0) is 15.4. The number of likely N-dealkylation sites (N-methyl/N-ethyl adjacent to an activating group) is 1. The Morgan fingerprint density at radius 3 is 2.45 bits per heavy atom. The normalized spacial score (nSPS) is 11.8. The molecule has 108 valence electrons. The molecule has 0 spiro atoms. The Kier molecular flexibility index (Phi) is 4.79. The summed E-state index contributed by atoms with van der Waals surface area (Å²) in [5.74, 6) is -1.66. The lowest BCUT2D eigenvalue weighted by molar-refractivity contribution is -0.384. The largest absolute Gasteiger partial charge is 0.480 e. The first-order valence-electron chi connectivity index (χ1n) is 6.04. The number of non-ortho nitro benzene ring substituents is 1. The van der Waals surface area contributed by atoms with Gasteiger partial charge in [-0.3, -0.25) is 14.9 Å². The molecule has 1 atom stereocenters. The zero-order valence-corrected chi connectivity index (χ0v) is 11.5. The molecule has 0 fully saturated rings. The van der Waals surface area contributed by atoms with Crippen molar-refractivity contribution in [2.75, 3.05) is 7.05 Å². The highest BCUT2D eigenvalue weighted by molar-refractivity contribution is 5.97. The smallest absolute Gasteiger partial charge is 0.326 e. The summed E-state index contributed by atoms with van der Waals surface area (Å²) in [5, 5.41) is 19.8. The van der Waals surface area contributed by atoms with Crippen molar-refractivity contribution in [1.29, 1.82) is 0 Å². The van der Waals surface area contributed by atoms with Gasteiger partial charge >= 0.3 is 5.97 Å². The van der Waals surface area contributed by atoms with Crippen molar-refractivity contribution in [2.45, 2.75) is 26.3 Å². The number of aliphatic carboxylic acids is 1. The predicted molar refractivity (Wildman–Crippen MR) is 71.6 cm³/mol. The number of rotatable bonds is 5. The quantitative estimate of drug-likeness (QED) is 0.655. The Morgan fingerprint density at radius 1 is 1.40 bits per heavy atom. The van der Waals surface area contributed by atoms with Gasteiger partial charge in [-0.15, -0.1) is 0 Å². The first kappa shape index (κ1) is 15.6. The van der Waals surface area contributed by atoms with Gasteiger partial charge in [0.05, 0.1) is 4.92 Å². The van der Waals surface area contributed by atoms with E-state index in [4.69, 9.17) is 5.11 Å². The second-order valence-corrected chi connectivity index (χ2v) is 4.49. The van der Waals surface area contributed by atoms with E-state index in [-0.39, 0.29) is 17.7 Å². The van der Waals surface area contributed by atoms with Gasteiger partial charge in [0.25, 0.3) is 11.6 Å². The zero-order valence-electron chi connectivity index (χ0n) is 11.5. The molecule has 0 heterocycles. The van der Waals surface area contributed by atoms with Gasteiger partial charge in [-0.2, -0.15) is 0 Å². The van der Waals surface area contributed by atoms with Gasteiger partial charge in [0, 0.05) is 24.7 Å². The third kappa shape index (κ3) is 3.31. The van der Waals surface area contributed by atoms with Gasteiger partial charge in [-0.1, -0.05) is 6.92 Å². The van der Waals surface area contributed by atoms with E-state index in [0.29, 0.717) is 5.56 Å². The highest BCUT2D eigenvalue weighted by Gasteiger charge is 2.26. The Balaban J connectivity index is 3.14. The number of hydrogen-bond acceptors (Lipinski definition) is 4. The molecule has 1 aromatic rings. The van der Waals surface area contributed by atoms with Crippen LogP contribution in [0, 0.1) is 17.0 Å². The second kappa shape index (κ2) is 6.14. The minimum absolute atomic E-state index is 0.110. The molecule has 1 aromatic carbocycles. The molecular formula is C13H16N2O5. The topological polar surface area (TPSA) is 101 Å². The molecule has 0 radical (unpaired) electrons. The summed E-state index contributed by atoms with van der Waals surface area (Å²) in [7, 11) is 1.37. The number of carbonyl (C=O) groups excluding carboxylic acids is 1. The molecule has 1 amide bonds. The molecule has 7 heteroatoms. The summed E-state index contributed by atoms with van der Waals surface area (Å²) in [5.41, 5.74) is 0.489. The lowest BCUT2D eigenvalue weighted by Gasteiger charge is -2.23. The number of aryl methyl sites for hydroxylation is 1. The van der Waals surface area contributed by atoms with Crippen molar-refractivity contribution in [1.82, 2.24) is 4.90 Å². The number of nitrogens with zero attached hydrogens (tertiary/aromatic N) is 2. The molecule has 7 nitrogen and oxygen atoms in total. The van der Waals surface area contributed by atoms with Crippen LogP contribution in [0.2, 0.25) is 0 Å². The molecule has 0 aliphatic carbocycles. The van der Waals surface area contributed by atoms with Gasteiger partial charge < -0.3 is 10.0 Å². The summed E-state index contributed by atoms with van der Waals surface area (Å²) in [6.45, 7) is 3.29. The summed E-state index contributed by atoms with van der Waals surface area (Å²) in [4.78, 5) is 34.5. The van der Waals surface area contributed by atoms with E-state index < -0.39 is 22.8 Å². The van der Waals surface area contributed by atoms with Gasteiger partial charge in [0.1, 0.15) is 6.04 Å². The molecule has 0 saturated heterocycles. The van der Waals surface area contributed by atoms with Crippen LogP contribution < -0.4 is 0 Å². The standard InChI is InChI=1S/C13H16N2O5/c1-4-11(13(17)18)14(3)12(16)9-5-8(2)6-10(7-9)15(19)20/h5-7,11H,4H2,1-3H3,(H,17,18). The van der Waals surface area contributed by atoms with Crippen molar-refractivity contribution in [3.05, 3.63) is 39.4 Å². The van der Waals surface area contributed by atoms with E-state index in [1.54, 1.807) is 13.8 Å². The van der Waals surface area contributed by atoms with Crippen LogP contribution in [0.3, 0.4) is 0 Å². The van der Waals surface area contributed by atoms with Gasteiger partial charge in [0.15, 0.2) is 0 Å². The number of carboxylic acids is 1. The van der Waals surface area contributed by atoms with Crippen LogP contribution in [-0.4, -0.2) is 39.9 Å². The van der Waals surface area contributed by atoms with Crippen molar-refractivity contribution in [2.24, 2.45) is 0 Å². The lowest BCUT2D eigenvalue weighted by Crippen LogP contribution is -2.42.